The molecule has 0 saturated carbocycles. The van der Waals surface area contributed by atoms with Crippen LogP contribution in [0.1, 0.15) is 36.3 Å². The number of rotatable bonds is 4. The van der Waals surface area contributed by atoms with E-state index in [1.807, 2.05) is 24.9 Å². The van der Waals surface area contributed by atoms with E-state index in [4.69, 9.17) is 0 Å². The fourth-order valence-electron chi connectivity index (χ4n) is 1.84. The van der Waals surface area contributed by atoms with Crippen molar-refractivity contribution >= 4 is 0 Å². The quantitative estimate of drug-likeness (QED) is 0.870. The smallest absolute Gasteiger partial charge is 0.110 e. The Hall–Kier alpha value is -1.62. The lowest BCUT2D eigenvalue weighted by molar-refractivity contribution is 0.219. The van der Waals surface area contributed by atoms with Crippen LogP contribution in [0.15, 0.2) is 18.6 Å². The van der Waals surface area contributed by atoms with Crippen LogP contribution < -0.4 is 0 Å². The standard InChI is InChI=1S/C12H18N4O/c1-4-5-16-8-10(6-14-16)12(17)11-7-13-15(3)9(11)2/h6-8,12,17H,4-5H2,1-3H3. The molecule has 5 heteroatoms. The van der Waals surface area contributed by atoms with E-state index < -0.39 is 6.10 Å². The second-order valence-corrected chi connectivity index (χ2v) is 4.25. The van der Waals surface area contributed by atoms with Gasteiger partial charge in [-0.05, 0) is 13.3 Å². The van der Waals surface area contributed by atoms with Gasteiger partial charge in [-0.1, -0.05) is 6.92 Å². The molecular weight excluding hydrogens is 216 g/mol. The summed E-state index contributed by atoms with van der Waals surface area (Å²) in [7, 11) is 1.87. The van der Waals surface area contributed by atoms with Crippen molar-refractivity contribution in [2.24, 2.45) is 7.05 Å². The van der Waals surface area contributed by atoms with Gasteiger partial charge >= 0.3 is 0 Å². The van der Waals surface area contributed by atoms with Gasteiger partial charge in [0, 0.05) is 36.6 Å². The van der Waals surface area contributed by atoms with Crippen molar-refractivity contribution in [2.75, 3.05) is 0 Å². The minimum atomic E-state index is -0.644. The highest BCUT2D eigenvalue weighted by molar-refractivity contribution is 5.28. The van der Waals surface area contributed by atoms with Crippen LogP contribution in [0, 0.1) is 6.92 Å². The molecule has 2 rings (SSSR count). The van der Waals surface area contributed by atoms with Gasteiger partial charge in [0.2, 0.25) is 0 Å². The van der Waals surface area contributed by atoms with Crippen LogP contribution in [-0.4, -0.2) is 24.7 Å². The zero-order chi connectivity index (χ0) is 12.4. The number of aromatic nitrogens is 4. The molecule has 0 aliphatic carbocycles. The number of aliphatic hydroxyl groups excluding tert-OH is 1. The lowest BCUT2D eigenvalue weighted by Gasteiger charge is -2.07. The Labute approximate surface area is 101 Å². The number of aryl methyl sites for hydroxylation is 2. The van der Waals surface area contributed by atoms with Gasteiger partial charge in [-0.25, -0.2) is 0 Å². The highest BCUT2D eigenvalue weighted by atomic mass is 16.3. The molecule has 2 aromatic heterocycles. The molecule has 0 radical (unpaired) electrons. The normalized spacial score (nSPS) is 12.9. The van der Waals surface area contributed by atoms with Gasteiger partial charge in [-0.2, -0.15) is 10.2 Å². The fraction of sp³-hybridized carbons (Fsp3) is 0.500. The van der Waals surface area contributed by atoms with E-state index in [1.165, 1.54) is 0 Å². The van der Waals surface area contributed by atoms with Crippen LogP contribution in [-0.2, 0) is 13.6 Å². The molecular formula is C12H18N4O. The number of hydrogen-bond acceptors (Lipinski definition) is 3. The first-order chi connectivity index (χ1) is 8.13. The van der Waals surface area contributed by atoms with Gasteiger partial charge in [0.15, 0.2) is 0 Å². The summed E-state index contributed by atoms with van der Waals surface area (Å²) in [6, 6.07) is 0. The lowest BCUT2D eigenvalue weighted by Crippen LogP contribution is -2.01. The molecule has 1 atom stereocenters. The molecule has 0 aliphatic heterocycles. The van der Waals surface area contributed by atoms with E-state index in [0.717, 1.165) is 29.8 Å². The first-order valence-corrected chi connectivity index (χ1v) is 5.82. The second kappa shape index (κ2) is 4.71. The third-order valence-electron chi connectivity index (χ3n) is 2.99. The van der Waals surface area contributed by atoms with E-state index in [1.54, 1.807) is 17.1 Å². The van der Waals surface area contributed by atoms with Crippen molar-refractivity contribution in [1.82, 2.24) is 19.6 Å². The summed E-state index contributed by atoms with van der Waals surface area (Å²) in [5.74, 6) is 0. The number of aliphatic hydroxyl groups is 1. The average molecular weight is 234 g/mol. The van der Waals surface area contributed by atoms with Crippen LogP contribution in [0.25, 0.3) is 0 Å². The van der Waals surface area contributed by atoms with Gasteiger partial charge in [-0.15, -0.1) is 0 Å². The molecule has 0 amide bonds. The van der Waals surface area contributed by atoms with Crippen LogP contribution in [0.3, 0.4) is 0 Å². The van der Waals surface area contributed by atoms with E-state index in [2.05, 4.69) is 17.1 Å². The summed E-state index contributed by atoms with van der Waals surface area (Å²) < 4.78 is 3.61. The van der Waals surface area contributed by atoms with Gasteiger partial charge in [0.25, 0.3) is 0 Å². The monoisotopic (exact) mass is 234 g/mol. The molecule has 1 unspecified atom stereocenters. The van der Waals surface area contributed by atoms with E-state index in [9.17, 15) is 5.11 Å². The third kappa shape index (κ3) is 2.24. The van der Waals surface area contributed by atoms with Crippen molar-refractivity contribution in [3.63, 3.8) is 0 Å². The lowest BCUT2D eigenvalue weighted by atomic mass is 10.1. The first kappa shape index (κ1) is 11.9. The Bertz CT molecular complexity index is 500. The van der Waals surface area contributed by atoms with E-state index in [0.29, 0.717) is 0 Å². The van der Waals surface area contributed by atoms with Crippen LogP contribution in [0.5, 0.6) is 0 Å². The summed E-state index contributed by atoms with van der Waals surface area (Å²) in [6.07, 6.45) is 5.70. The van der Waals surface area contributed by atoms with Crippen LogP contribution >= 0.6 is 0 Å². The Morgan fingerprint density at radius 3 is 2.71 bits per heavy atom. The Kier molecular flexibility index (Phi) is 3.28. The summed E-state index contributed by atoms with van der Waals surface area (Å²) in [5, 5.41) is 18.6. The molecule has 0 aliphatic rings. The maximum absolute atomic E-state index is 10.3. The Morgan fingerprint density at radius 1 is 1.35 bits per heavy atom. The third-order valence-corrected chi connectivity index (χ3v) is 2.99. The summed E-state index contributed by atoms with van der Waals surface area (Å²) in [5.41, 5.74) is 2.62. The predicted octanol–water partition coefficient (Wildman–Crippen LogP) is 1.42. The molecule has 0 aromatic carbocycles. The Morgan fingerprint density at radius 2 is 2.12 bits per heavy atom. The highest BCUT2D eigenvalue weighted by Gasteiger charge is 2.17. The molecule has 92 valence electrons. The largest absolute Gasteiger partial charge is 0.383 e. The molecule has 1 N–H and O–H groups in total. The highest BCUT2D eigenvalue weighted by Crippen LogP contribution is 2.23. The minimum absolute atomic E-state index is 0.644. The maximum Gasteiger partial charge on any atom is 0.110 e. The van der Waals surface area contributed by atoms with Crippen molar-refractivity contribution in [3.8, 4) is 0 Å². The number of nitrogens with zero attached hydrogens (tertiary/aromatic N) is 4. The fourth-order valence-corrected chi connectivity index (χ4v) is 1.84. The van der Waals surface area contributed by atoms with Crippen LogP contribution in [0.2, 0.25) is 0 Å². The molecule has 5 nitrogen and oxygen atoms in total. The summed E-state index contributed by atoms with van der Waals surface area (Å²) in [4.78, 5) is 0. The van der Waals surface area contributed by atoms with Crippen molar-refractivity contribution in [2.45, 2.75) is 32.9 Å². The molecule has 0 fully saturated rings. The first-order valence-electron chi connectivity index (χ1n) is 5.82. The van der Waals surface area contributed by atoms with E-state index >= 15 is 0 Å². The van der Waals surface area contributed by atoms with Gasteiger partial charge in [0.1, 0.15) is 6.10 Å². The zero-order valence-corrected chi connectivity index (χ0v) is 10.5. The predicted molar refractivity (Wildman–Crippen MR) is 64.5 cm³/mol. The van der Waals surface area contributed by atoms with Crippen molar-refractivity contribution in [3.05, 3.63) is 35.4 Å². The SMILES string of the molecule is CCCn1cc(C(O)c2cnn(C)c2C)cn1. The maximum atomic E-state index is 10.3. The molecule has 0 bridgehead atoms. The van der Waals surface area contributed by atoms with Gasteiger partial charge in [-0.3, -0.25) is 9.36 Å². The van der Waals surface area contributed by atoms with Crippen molar-refractivity contribution in [1.29, 1.82) is 0 Å². The van der Waals surface area contributed by atoms with Gasteiger partial charge < -0.3 is 5.11 Å². The molecule has 0 saturated heterocycles. The summed E-state index contributed by atoms with van der Waals surface area (Å²) >= 11 is 0. The van der Waals surface area contributed by atoms with Gasteiger partial charge in [0.05, 0.1) is 12.4 Å². The van der Waals surface area contributed by atoms with E-state index in [-0.39, 0.29) is 0 Å². The zero-order valence-electron chi connectivity index (χ0n) is 10.5. The van der Waals surface area contributed by atoms with Crippen molar-refractivity contribution < 1.29 is 5.11 Å². The molecule has 0 spiro atoms. The second-order valence-electron chi connectivity index (χ2n) is 4.25. The van der Waals surface area contributed by atoms with Crippen LogP contribution in [0.4, 0.5) is 0 Å². The molecule has 17 heavy (non-hydrogen) atoms. The minimum Gasteiger partial charge on any atom is -0.383 e. The topological polar surface area (TPSA) is 55.9 Å². The average Bonchev–Trinajstić information content (AvgIpc) is 2.88. The Balaban J connectivity index is 2.24. The molecule has 2 aromatic rings. The number of hydrogen-bond donors (Lipinski definition) is 1. The summed E-state index contributed by atoms with van der Waals surface area (Å²) in [6.45, 7) is 4.92. The molecule has 2 heterocycles.